The fraction of sp³-hybridized carbons (Fsp3) is 0.467. The van der Waals surface area contributed by atoms with Gasteiger partial charge in [-0.15, -0.1) is 0 Å². The van der Waals surface area contributed by atoms with Gasteiger partial charge in [-0.05, 0) is 31.1 Å². The Morgan fingerprint density at radius 3 is 2.95 bits per heavy atom. The minimum atomic E-state index is -0.801. The molecular weight excluding hydrogens is 258 g/mol. The van der Waals surface area contributed by atoms with Crippen LogP contribution in [0.2, 0.25) is 0 Å². The molecular formula is C15H19NO4. The van der Waals surface area contributed by atoms with Crippen LogP contribution in [0.25, 0.3) is 6.08 Å². The van der Waals surface area contributed by atoms with Crippen LogP contribution in [0.5, 0.6) is 0 Å². The number of nitrogens with zero attached hydrogens (tertiary/aromatic N) is 1. The Morgan fingerprint density at radius 1 is 1.55 bits per heavy atom. The number of aliphatic carboxylic acids is 1. The molecule has 2 rings (SSSR count). The molecule has 1 fully saturated rings. The van der Waals surface area contributed by atoms with Crippen LogP contribution >= 0.6 is 0 Å². The Kier molecular flexibility index (Phi) is 4.27. The maximum atomic E-state index is 12.1. The van der Waals surface area contributed by atoms with Crippen molar-refractivity contribution in [1.82, 2.24) is 4.90 Å². The van der Waals surface area contributed by atoms with Gasteiger partial charge in [-0.2, -0.15) is 0 Å². The topological polar surface area (TPSA) is 70.8 Å². The zero-order chi connectivity index (χ0) is 14.6. The molecule has 0 spiro atoms. The molecule has 1 saturated heterocycles. The van der Waals surface area contributed by atoms with Gasteiger partial charge in [0.2, 0.25) is 5.91 Å². The summed E-state index contributed by atoms with van der Waals surface area (Å²) < 4.78 is 5.11. The van der Waals surface area contributed by atoms with Gasteiger partial charge in [0.15, 0.2) is 0 Å². The SMILES string of the molecule is CCCC1(C(=O)O)CCN(C(=O)C=Cc2ccco2)C1. The normalized spacial score (nSPS) is 22.6. The number of amides is 1. The average molecular weight is 277 g/mol. The molecule has 5 heteroatoms. The number of carbonyl (C=O) groups excluding carboxylic acids is 1. The lowest BCUT2D eigenvalue weighted by Gasteiger charge is -2.23. The van der Waals surface area contributed by atoms with E-state index in [1.807, 2.05) is 6.92 Å². The summed E-state index contributed by atoms with van der Waals surface area (Å²) in [6.45, 7) is 2.75. The first-order chi connectivity index (χ1) is 9.57. The molecule has 1 N–H and O–H groups in total. The predicted octanol–water partition coefficient (Wildman–Crippen LogP) is 2.40. The Bertz CT molecular complexity index is 506. The zero-order valence-corrected chi connectivity index (χ0v) is 11.5. The van der Waals surface area contributed by atoms with Crippen molar-refractivity contribution in [2.75, 3.05) is 13.1 Å². The fourth-order valence-electron chi connectivity index (χ4n) is 2.67. The molecule has 1 amide bonds. The van der Waals surface area contributed by atoms with Crippen LogP contribution < -0.4 is 0 Å². The number of carbonyl (C=O) groups is 2. The summed E-state index contributed by atoms with van der Waals surface area (Å²) in [6.07, 6.45) is 6.50. The third-order valence-corrected chi connectivity index (χ3v) is 3.78. The number of likely N-dealkylation sites (tertiary alicyclic amines) is 1. The van der Waals surface area contributed by atoms with Crippen molar-refractivity contribution < 1.29 is 19.1 Å². The maximum Gasteiger partial charge on any atom is 0.311 e. The molecule has 0 aliphatic carbocycles. The van der Waals surface area contributed by atoms with Crippen LogP contribution in [-0.4, -0.2) is 35.0 Å². The first-order valence-corrected chi connectivity index (χ1v) is 6.81. The molecule has 1 aromatic rings. The molecule has 2 heterocycles. The largest absolute Gasteiger partial charge is 0.481 e. The smallest absolute Gasteiger partial charge is 0.311 e. The van der Waals surface area contributed by atoms with E-state index in [2.05, 4.69) is 0 Å². The van der Waals surface area contributed by atoms with Crippen molar-refractivity contribution in [3.05, 3.63) is 30.2 Å². The molecule has 5 nitrogen and oxygen atoms in total. The van der Waals surface area contributed by atoms with Crippen LogP contribution in [0.3, 0.4) is 0 Å². The van der Waals surface area contributed by atoms with Crippen LogP contribution in [-0.2, 0) is 9.59 Å². The standard InChI is InChI=1S/C15H19NO4/c1-2-7-15(14(18)19)8-9-16(11-15)13(17)6-5-12-4-3-10-20-12/h3-6,10H,2,7-9,11H2,1H3,(H,18,19). The molecule has 1 aliphatic heterocycles. The summed E-state index contributed by atoms with van der Waals surface area (Å²) in [6, 6.07) is 3.50. The highest BCUT2D eigenvalue weighted by molar-refractivity contribution is 5.92. The number of hydrogen-bond acceptors (Lipinski definition) is 3. The lowest BCUT2D eigenvalue weighted by atomic mass is 9.83. The number of rotatable bonds is 5. The number of carboxylic acid groups (broad SMARTS) is 1. The lowest BCUT2D eigenvalue weighted by Crippen LogP contribution is -2.36. The average Bonchev–Trinajstić information content (AvgIpc) is 3.06. The van der Waals surface area contributed by atoms with E-state index in [1.165, 1.54) is 12.3 Å². The highest BCUT2D eigenvalue weighted by Gasteiger charge is 2.44. The first-order valence-electron chi connectivity index (χ1n) is 6.81. The predicted molar refractivity (Wildman–Crippen MR) is 73.9 cm³/mol. The van der Waals surface area contributed by atoms with E-state index < -0.39 is 11.4 Å². The van der Waals surface area contributed by atoms with E-state index in [0.717, 1.165) is 6.42 Å². The van der Waals surface area contributed by atoms with Crippen molar-refractivity contribution in [1.29, 1.82) is 0 Å². The summed E-state index contributed by atoms with van der Waals surface area (Å²) in [5.41, 5.74) is -0.775. The van der Waals surface area contributed by atoms with E-state index >= 15 is 0 Å². The van der Waals surface area contributed by atoms with Crippen molar-refractivity contribution in [2.24, 2.45) is 5.41 Å². The van der Waals surface area contributed by atoms with Crippen LogP contribution in [0.15, 0.2) is 28.9 Å². The van der Waals surface area contributed by atoms with Crippen molar-refractivity contribution >= 4 is 18.0 Å². The van der Waals surface area contributed by atoms with Gasteiger partial charge in [0, 0.05) is 19.2 Å². The van der Waals surface area contributed by atoms with Crippen molar-refractivity contribution in [3.8, 4) is 0 Å². The van der Waals surface area contributed by atoms with E-state index in [1.54, 1.807) is 23.1 Å². The van der Waals surface area contributed by atoms with Crippen molar-refractivity contribution in [2.45, 2.75) is 26.2 Å². The fourth-order valence-corrected chi connectivity index (χ4v) is 2.67. The molecule has 108 valence electrons. The molecule has 0 radical (unpaired) electrons. The Morgan fingerprint density at radius 2 is 2.35 bits per heavy atom. The molecule has 0 saturated carbocycles. The Hall–Kier alpha value is -2.04. The molecule has 0 aromatic carbocycles. The van der Waals surface area contributed by atoms with Gasteiger partial charge in [0.1, 0.15) is 5.76 Å². The van der Waals surface area contributed by atoms with Gasteiger partial charge in [-0.25, -0.2) is 0 Å². The lowest BCUT2D eigenvalue weighted by molar-refractivity contribution is -0.148. The number of hydrogen-bond donors (Lipinski definition) is 1. The van der Waals surface area contributed by atoms with Gasteiger partial charge in [-0.3, -0.25) is 9.59 Å². The zero-order valence-electron chi connectivity index (χ0n) is 11.5. The van der Waals surface area contributed by atoms with E-state index in [0.29, 0.717) is 25.1 Å². The summed E-state index contributed by atoms with van der Waals surface area (Å²) in [5, 5.41) is 9.40. The minimum absolute atomic E-state index is 0.166. The van der Waals surface area contributed by atoms with Gasteiger partial charge >= 0.3 is 5.97 Å². The van der Waals surface area contributed by atoms with E-state index in [4.69, 9.17) is 4.42 Å². The number of carboxylic acids is 1. The van der Waals surface area contributed by atoms with Crippen LogP contribution in [0.1, 0.15) is 31.9 Å². The van der Waals surface area contributed by atoms with Gasteiger partial charge in [0.05, 0.1) is 11.7 Å². The molecule has 1 aromatic heterocycles. The van der Waals surface area contributed by atoms with Crippen LogP contribution in [0, 0.1) is 5.41 Å². The summed E-state index contributed by atoms with van der Waals surface area (Å²) in [7, 11) is 0. The molecule has 1 atom stereocenters. The Labute approximate surface area is 117 Å². The highest BCUT2D eigenvalue weighted by atomic mass is 16.4. The van der Waals surface area contributed by atoms with E-state index in [9.17, 15) is 14.7 Å². The molecule has 1 unspecified atom stereocenters. The molecule has 0 bridgehead atoms. The number of furan rings is 1. The van der Waals surface area contributed by atoms with Crippen LogP contribution in [0.4, 0.5) is 0 Å². The third kappa shape index (κ3) is 2.92. The van der Waals surface area contributed by atoms with Gasteiger partial charge < -0.3 is 14.4 Å². The van der Waals surface area contributed by atoms with E-state index in [-0.39, 0.29) is 12.5 Å². The summed E-state index contributed by atoms with van der Waals surface area (Å²) in [4.78, 5) is 25.1. The Balaban J connectivity index is 2.01. The highest BCUT2D eigenvalue weighted by Crippen LogP contribution is 2.35. The second-order valence-corrected chi connectivity index (χ2v) is 5.19. The molecule has 20 heavy (non-hydrogen) atoms. The minimum Gasteiger partial charge on any atom is -0.481 e. The van der Waals surface area contributed by atoms with Crippen molar-refractivity contribution in [3.63, 3.8) is 0 Å². The molecule has 1 aliphatic rings. The summed E-state index contributed by atoms with van der Waals surface area (Å²) >= 11 is 0. The second-order valence-electron chi connectivity index (χ2n) is 5.19. The monoisotopic (exact) mass is 277 g/mol. The van der Waals surface area contributed by atoms with Gasteiger partial charge in [-0.1, -0.05) is 13.3 Å². The second kappa shape index (κ2) is 5.94. The quantitative estimate of drug-likeness (QED) is 0.839. The summed E-state index contributed by atoms with van der Waals surface area (Å²) in [5.74, 6) is -0.360. The maximum absolute atomic E-state index is 12.1. The van der Waals surface area contributed by atoms with Gasteiger partial charge in [0.25, 0.3) is 0 Å². The third-order valence-electron chi connectivity index (χ3n) is 3.78. The first kappa shape index (κ1) is 14.4.